The number of hydrogen-bond donors (Lipinski definition) is 0. The van der Waals surface area contributed by atoms with E-state index in [2.05, 4.69) is 341 Å². The minimum absolute atomic E-state index is 0.234. The Labute approximate surface area is 848 Å². The fourth-order valence-electron chi connectivity index (χ4n) is 14.5. The summed E-state index contributed by atoms with van der Waals surface area (Å²) in [5, 5.41) is 0. The monoisotopic (exact) mass is 1890 g/mol. The average Bonchev–Trinajstić information content (AvgIpc) is 0.814. The van der Waals surface area contributed by atoms with Gasteiger partial charge in [-0.2, -0.15) is 0 Å². The molecule has 0 spiro atoms. The lowest BCUT2D eigenvalue weighted by Gasteiger charge is -2.13. The Morgan fingerprint density at radius 2 is 0.451 bits per heavy atom. The lowest BCUT2D eigenvalue weighted by molar-refractivity contribution is 0.762. The lowest BCUT2D eigenvalue weighted by Crippen LogP contribution is -2.04. The van der Waals surface area contributed by atoms with Gasteiger partial charge in [0.2, 0.25) is 0 Å². The van der Waals surface area contributed by atoms with Crippen LogP contribution >= 0.6 is 0 Å². The molecule has 0 radical (unpaired) electrons. The highest BCUT2D eigenvalue weighted by Crippen LogP contribution is 2.34. The van der Waals surface area contributed by atoms with Crippen molar-refractivity contribution in [2.24, 2.45) is 0 Å². The molecule has 0 saturated heterocycles. The lowest BCUT2D eigenvalue weighted by atomic mass is 9.92. The van der Waals surface area contributed by atoms with Gasteiger partial charge >= 0.3 is 0 Å². The third-order valence-electron chi connectivity index (χ3n) is 22.8. The third-order valence-corrected chi connectivity index (χ3v) is 22.8. The summed E-state index contributed by atoms with van der Waals surface area (Å²) in [6.45, 7) is 34.1. The minimum Gasteiger partial charge on any atom is -0.265 e. The molecule has 0 unspecified atom stereocenters. The van der Waals surface area contributed by atoms with Gasteiger partial charge in [0.25, 0.3) is 0 Å². The molecule has 20 rings (SSSR count). The molecule has 144 heavy (non-hydrogen) atoms. The minimum atomic E-state index is 0.234. The highest BCUT2D eigenvalue weighted by molar-refractivity contribution is 5.75. The van der Waals surface area contributed by atoms with Crippen LogP contribution in [0.25, 0.3) is 136 Å². The maximum absolute atomic E-state index is 4.74. The van der Waals surface area contributed by atoms with E-state index in [4.69, 9.17) is 9.97 Å². The molecule has 0 aliphatic heterocycles. The Kier molecular flexibility index (Phi) is 39.2. The molecule has 0 amide bonds. The molecule has 20 aromatic rings. The van der Waals surface area contributed by atoms with Gasteiger partial charge < -0.3 is 0 Å². The van der Waals surface area contributed by atoms with Crippen LogP contribution in [0.5, 0.6) is 0 Å². The molecule has 10 heterocycles. The molecule has 0 aliphatic rings. The second kappa shape index (κ2) is 54.0. The van der Waals surface area contributed by atoms with Crippen molar-refractivity contribution in [1.82, 2.24) is 94.7 Å². The number of rotatable bonds is 20. The van der Waals surface area contributed by atoms with Gasteiger partial charge in [0, 0.05) is 147 Å². The summed E-state index contributed by atoms with van der Waals surface area (Å²) >= 11 is 0. The van der Waals surface area contributed by atoms with Crippen LogP contribution in [0.1, 0.15) is 204 Å². The van der Waals surface area contributed by atoms with Crippen LogP contribution in [-0.4, -0.2) is 94.7 Å². The summed E-state index contributed by atoms with van der Waals surface area (Å²) in [5.74, 6) is 11.6. The summed E-state index contributed by atoms with van der Waals surface area (Å²) in [6.07, 6.45) is 19.5. The van der Waals surface area contributed by atoms with E-state index < -0.39 is 0 Å². The maximum Gasteiger partial charge on any atom is 0.163 e. The fourth-order valence-corrected chi connectivity index (χ4v) is 14.5. The topological polar surface area (TPSA) is 245 Å². The van der Waals surface area contributed by atoms with Crippen LogP contribution in [-0.2, 0) is 0 Å². The fraction of sp³-hybridized carbons (Fsp3) is 0.192. The molecule has 10 aromatic heterocycles. The Morgan fingerprint density at radius 1 is 0.146 bits per heavy atom. The Morgan fingerprint density at radius 3 is 0.847 bits per heavy atom. The average molecular weight is 1890 g/mol. The molecule has 720 valence electrons. The molecule has 0 atom stereocenters. The van der Waals surface area contributed by atoms with Gasteiger partial charge in [-0.1, -0.05) is 384 Å². The first kappa shape index (κ1) is 104. The van der Waals surface area contributed by atoms with Gasteiger partial charge in [0.1, 0.15) is 29.6 Å². The van der Waals surface area contributed by atoms with Gasteiger partial charge in [-0.05, 0) is 147 Å². The number of hydrogen-bond acceptors (Lipinski definition) is 19. The van der Waals surface area contributed by atoms with Crippen LogP contribution in [0, 0.1) is 0 Å². The Hall–Kier alpha value is -16.9. The molecule has 19 heteroatoms. The number of aromatic nitrogens is 19. The number of nitrogens with zero attached hydrogens (tertiary/aromatic N) is 19. The predicted molar refractivity (Wildman–Crippen MR) is 588 cm³/mol. The van der Waals surface area contributed by atoms with Crippen LogP contribution in [0.3, 0.4) is 0 Å². The molecule has 19 nitrogen and oxygen atoms in total. The smallest absolute Gasteiger partial charge is 0.163 e. The van der Waals surface area contributed by atoms with E-state index in [0.717, 1.165) is 114 Å². The first-order valence-corrected chi connectivity index (χ1v) is 49.1. The summed E-state index contributed by atoms with van der Waals surface area (Å²) < 4.78 is 0. The second-order valence-electron chi connectivity index (χ2n) is 36.5. The molecule has 0 saturated carbocycles. The second-order valence-corrected chi connectivity index (χ2v) is 36.5. The first-order valence-electron chi connectivity index (χ1n) is 49.1. The summed E-state index contributed by atoms with van der Waals surface area (Å²) in [5.41, 5.74) is 23.7. The molecular weight excluding hydrogens is 1770 g/mol. The maximum atomic E-state index is 4.74. The van der Waals surface area contributed by atoms with Crippen molar-refractivity contribution >= 4 is 0 Å². The van der Waals surface area contributed by atoms with Gasteiger partial charge in [0.05, 0.1) is 11.4 Å². The van der Waals surface area contributed by atoms with Gasteiger partial charge in [-0.15, -0.1) is 0 Å². The van der Waals surface area contributed by atoms with Crippen molar-refractivity contribution in [3.63, 3.8) is 0 Å². The standard InChI is InChI=1S/C24H21N3.C20H19N.C17H16N4.C14H15N.2C13H14N2.2C12H13N3/c1-17(2)22-25-23(20-11-7-4-8-12-20)27-24(26-22)21-15-13-19(14-16-21)18-9-5-3-6-10-18;1-15(2)18-12-19(16-6-4-3-5-7-16)14-20(13-18)17-8-10-21-11-9-17;1-12(2)15-19-16(13-6-4-3-5-7-13)21-17(20-15)14-8-10-18-11-9-14;1-11(2)12-6-5-7-13(10-12)14-8-3-4-9-15-14;1-10(2)13-14-9-8-12(15-13)11-6-4-3-5-7-11;1-10(2)12-8-9-14-13(15-12)11-6-4-3-5-7-11;1-9(2)11-5-8-14-12(15-11)10-3-6-13-7-4-10;1-9(2)11-13-8-14-12(15-11)10-6-4-3-5-7-10/h3-17H,1-2H3;3-15H,1-2H3;3-12H,1-2H3;3-11H,1-2H3;2*3-10H,1-2H3;2*3-9H,1-2H3. The summed E-state index contributed by atoms with van der Waals surface area (Å²) in [7, 11) is 0. The van der Waals surface area contributed by atoms with E-state index in [1.54, 1.807) is 37.3 Å². The molecule has 0 fully saturated rings. The van der Waals surface area contributed by atoms with Crippen molar-refractivity contribution in [2.75, 3.05) is 0 Å². The zero-order valence-corrected chi connectivity index (χ0v) is 85.0. The predicted octanol–water partition coefficient (Wildman–Crippen LogP) is 31.0. The highest BCUT2D eigenvalue weighted by atomic mass is 15.1. The van der Waals surface area contributed by atoms with E-state index in [-0.39, 0.29) is 11.8 Å². The largest absolute Gasteiger partial charge is 0.265 e. The zero-order chi connectivity index (χ0) is 101. The molecule has 0 aliphatic carbocycles. The van der Waals surface area contributed by atoms with Crippen molar-refractivity contribution in [1.29, 1.82) is 0 Å². The molecule has 0 bridgehead atoms. The van der Waals surface area contributed by atoms with Gasteiger partial charge in [-0.25, -0.2) is 74.8 Å². The van der Waals surface area contributed by atoms with E-state index in [1.807, 2.05) is 237 Å². The third kappa shape index (κ3) is 31.5. The van der Waals surface area contributed by atoms with Crippen molar-refractivity contribution < 1.29 is 0 Å². The van der Waals surface area contributed by atoms with Crippen molar-refractivity contribution in [3.8, 4) is 136 Å². The van der Waals surface area contributed by atoms with E-state index in [9.17, 15) is 0 Å². The summed E-state index contributed by atoms with van der Waals surface area (Å²) in [6, 6.07) is 119. The van der Waals surface area contributed by atoms with Crippen LogP contribution in [0.15, 0.2) is 420 Å². The Balaban J connectivity index is 0.000000139. The van der Waals surface area contributed by atoms with Crippen LogP contribution in [0.4, 0.5) is 0 Å². The SMILES string of the molecule is CC(C)c1cc(-c2ccccc2)cc(-c2ccncc2)c1.CC(C)c1cccc(-c2ccccn2)c1.CC(C)c1ccnc(-c2ccccc2)n1.CC(C)c1ccnc(-c2ccncc2)n1.CC(C)c1nc(-c2ccccc2)nc(-c2ccc(-c3ccccc3)cc2)n1.CC(C)c1nc(-c2ccccc2)nc(-c2ccncc2)n1.CC(C)c1nccc(-c2ccccc2)n1.CC(C)c1ncnc(-c2ccccc2)n1. The van der Waals surface area contributed by atoms with Crippen LogP contribution < -0.4 is 0 Å². The van der Waals surface area contributed by atoms with Gasteiger partial charge in [0.15, 0.2) is 40.8 Å². The Bertz CT molecular complexity index is 6460. The van der Waals surface area contributed by atoms with E-state index in [0.29, 0.717) is 53.0 Å². The highest BCUT2D eigenvalue weighted by Gasteiger charge is 2.18. The summed E-state index contributed by atoms with van der Waals surface area (Å²) in [4.78, 5) is 83.4. The molecule has 0 N–H and O–H groups in total. The van der Waals surface area contributed by atoms with E-state index >= 15 is 0 Å². The van der Waals surface area contributed by atoms with Crippen molar-refractivity contribution in [2.45, 2.75) is 158 Å². The van der Waals surface area contributed by atoms with Crippen LogP contribution in [0.2, 0.25) is 0 Å². The first-order chi connectivity index (χ1) is 70.0. The number of pyridine rings is 4. The normalized spacial score (nSPS) is 10.7. The number of benzene rings is 10. The molecule has 10 aromatic carbocycles. The quantitative estimate of drug-likeness (QED) is 0.0688. The molecular formula is C125H125N19. The zero-order valence-electron chi connectivity index (χ0n) is 85.0. The van der Waals surface area contributed by atoms with E-state index in [1.165, 1.54) is 50.1 Å². The van der Waals surface area contributed by atoms with Gasteiger partial charge in [-0.3, -0.25) is 19.9 Å². The van der Waals surface area contributed by atoms with Crippen molar-refractivity contribution in [3.05, 3.63) is 466 Å².